The molecule has 0 radical (unpaired) electrons. The lowest BCUT2D eigenvalue weighted by atomic mass is 9.88. The minimum absolute atomic E-state index is 0.0690. The normalized spacial score (nSPS) is 16.3. The van der Waals surface area contributed by atoms with E-state index in [1.807, 2.05) is 103 Å². The first-order valence-electron chi connectivity index (χ1n) is 13.3. The van der Waals surface area contributed by atoms with E-state index in [0.717, 1.165) is 38.9 Å². The molecule has 0 bridgehead atoms. The van der Waals surface area contributed by atoms with E-state index in [-0.39, 0.29) is 19.6 Å². The number of carbonyl (C=O) groups excluding carboxylic acids is 2. The monoisotopic (exact) mass is 532 g/mol. The van der Waals surface area contributed by atoms with Gasteiger partial charge < -0.3 is 15.2 Å². The molecule has 1 aliphatic heterocycles. The van der Waals surface area contributed by atoms with Gasteiger partial charge in [0.15, 0.2) is 0 Å². The van der Waals surface area contributed by atoms with Gasteiger partial charge in [-0.3, -0.25) is 9.69 Å². The average molecular weight is 533 g/mol. The molecule has 1 heterocycles. The van der Waals surface area contributed by atoms with E-state index in [2.05, 4.69) is 5.32 Å². The molecule has 2 N–H and O–H groups in total. The number of hydrogen-bond acceptors (Lipinski definition) is 4. The molecule has 4 aromatic carbocycles. The lowest BCUT2D eigenvalue weighted by Crippen LogP contribution is -2.56. The van der Waals surface area contributed by atoms with Crippen molar-refractivity contribution in [2.24, 2.45) is 0 Å². The molecule has 2 aliphatic rings. The predicted molar refractivity (Wildman–Crippen MR) is 149 cm³/mol. The topological polar surface area (TPSA) is 95.9 Å². The van der Waals surface area contributed by atoms with Crippen molar-refractivity contribution >= 4 is 18.0 Å². The van der Waals surface area contributed by atoms with E-state index >= 15 is 0 Å². The number of benzene rings is 4. The Morgan fingerprint density at radius 3 is 2.02 bits per heavy atom. The van der Waals surface area contributed by atoms with Crippen molar-refractivity contribution in [1.29, 1.82) is 0 Å². The molecule has 1 aliphatic carbocycles. The number of ether oxygens (including phenoxy) is 1. The van der Waals surface area contributed by atoms with Crippen LogP contribution in [0.2, 0.25) is 0 Å². The Balaban J connectivity index is 1.29. The van der Waals surface area contributed by atoms with Crippen LogP contribution in [-0.2, 0) is 33.9 Å². The fourth-order valence-electron chi connectivity index (χ4n) is 5.84. The summed E-state index contributed by atoms with van der Waals surface area (Å²) in [6, 6.07) is 30.2. The number of carboxylic acid groups (broad SMARTS) is 1. The third-order valence-corrected chi connectivity index (χ3v) is 7.77. The van der Waals surface area contributed by atoms with Crippen LogP contribution in [0, 0.1) is 0 Å². The maximum Gasteiger partial charge on any atom is 0.411 e. The zero-order chi connectivity index (χ0) is 27.6. The summed E-state index contributed by atoms with van der Waals surface area (Å²) >= 11 is 0. The Labute approximate surface area is 232 Å². The largest absolute Gasteiger partial charge is 0.480 e. The molecule has 0 fully saturated rings. The number of nitrogens with one attached hydrogen (secondary N) is 1. The second-order valence-corrected chi connectivity index (χ2v) is 10.1. The third kappa shape index (κ3) is 4.71. The van der Waals surface area contributed by atoms with Gasteiger partial charge in [-0.05, 0) is 38.9 Å². The molecule has 7 heteroatoms. The molecule has 4 aromatic rings. The lowest BCUT2D eigenvalue weighted by Gasteiger charge is -2.36. The van der Waals surface area contributed by atoms with Gasteiger partial charge in [0.25, 0.3) is 0 Å². The van der Waals surface area contributed by atoms with Crippen LogP contribution in [0.15, 0.2) is 103 Å². The number of amides is 2. The van der Waals surface area contributed by atoms with Crippen LogP contribution in [0.25, 0.3) is 11.1 Å². The lowest BCUT2D eigenvalue weighted by molar-refractivity contribution is -0.143. The summed E-state index contributed by atoms with van der Waals surface area (Å²) in [4.78, 5) is 41.3. The van der Waals surface area contributed by atoms with Gasteiger partial charge >= 0.3 is 12.1 Å². The quantitative estimate of drug-likeness (QED) is 0.359. The Morgan fingerprint density at radius 2 is 1.38 bits per heavy atom. The number of carbonyl (C=O) groups is 3. The minimum Gasteiger partial charge on any atom is -0.480 e. The molecule has 7 nitrogen and oxygen atoms in total. The number of hydrogen-bond donors (Lipinski definition) is 2. The fraction of sp³-hybridized carbons (Fsp3) is 0.182. The molecule has 40 heavy (non-hydrogen) atoms. The van der Waals surface area contributed by atoms with Crippen LogP contribution in [0.5, 0.6) is 0 Å². The fourth-order valence-corrected chi connectivity index (χ4v) is 5.84. The number of carboxylic acids is 1. The molecule has 0 aromatic heterocycles. The van der Waals surface area contributed by atoms with Crippen molar-refractivity contribution < 1.29 is 24.2 Å². The van der Waals surface area contributed by atoms with Crippen molar-refractivity contribution in [2.75, 3.05) is 0 Å². The molecule has 2 atom stereocenters. The third-order valence-electron chi connectivity index (χ3n) is 7.77. The zero-order valence-corrected chi connectivity index (χ0v) is 21.7. The first-order valence-corrected chi connectivity index (χ1v) is 13.3. The predicted octanol–water partition coefficient (Wildman–Crippen LogP) is 5.13. The summed E-state index contributed by atoms with van der Waals surface area (Å²) in [5.41, 5.74) is 6.32. The summed E-state index contributed by atoms with van der Waals surface area (Å²) < 4.78 is 5.60. The molecule has 6 rings (SSSR count). The van der Waals surface area contributed by atoms with Gasteiger partial charge in [0, 0.05) is 12.3 Å². The molecular weight excluding hydrogens is 504 g/mol. The van der Waals surface area contributed by atoms with Crippen LogP contribution >= 0.6 is 0 Å². The highest BCUT2D eigenvalue weighted by Crippen LogP contribution is 2.46. The zero-order valence-electron chi connectivity index (χ0n) is 21.7. The maximum absolute atomic E-state index is 13.9. The highest BCUT2D eigenvalue weighted by molar-refractivity contribution is 5.92. The van der Waals surface area contributed by atoms with Crippen molar-refractivity contribution in [3.05, 3.63) is 131 Å². The Kier molecular flexibility index (Phi) is 6.78. The Bertz CT molecular complexity index is 1540. The van der Waals surface area contributed by atoms with Gasteiger partial charge in [-0.25, -0.2) is 9.59 Å². The summed E-state index contributed by atoms with van der Waals surface area (Å²) in [7, 11) is 0. The SMILES string of the molecule is O=C(O)[C@@H](NC(=O)[C@@H]1Cc2ccccc2CN1C(=O)OCc1ccccc1)C1c2ccccc2-c2ccccc21. The second-order valence-electron chi connectivity index (χ2n) is 10.1. The van der Waals surface area contributed by atoms with Crippen molar-refractivity contribution in [1.82, 2.24) is 10.2 Å². The van der Waals surface area contributed by atoms with Gasteiger partial charge in [-0.15, -0.1) is 0 Å². The highest BCUT2D eigenvalue weighted by atomic mass is 16.6. The smallest absolute Gasteiger partial charge is 0.411 e. The van der Waals surface area contributed by atoms with E-state index in [4.69, 9.17) is 4.74 Å². The van der Waals surface area contributed by atoms with E-state index in [1.54, 1.807) is 0 Å². The van der Waals surface area contributed by atoms with E-state index in [1.165, 1.54) is 4.90 Å². The Hall–Kier alpha value is -4.91. The minimum atomic E-state index is -1.23. The maximum atomic E-state index is 13.9. The molecule has 0 saturated carbocycles. The highest BCUT2D eigenvalue weighted by Gasteiger charge is 2.42. The first-order chi connectivity index (χ1) is 19.5. The Morgan fingerprint density at radius 1 is 0.800 bits per heavy atom. The van der Waals surface area contributed by atoms with Crippen molar-refractivity contribution in [3.8, 4) is 11.1 Å². The van der Waals surface area contributed by atoms with Crippen LogP contribution in [0.4, 0.5) is 4.79 Å². The van der Waals surface area contributed by atoms with Gasteiger partial charge in [-0.2, -0.15) is 0 Å². The molecule has 200 valence electrons. The van der Waals surface area contributed by atoms with Crippen LogP contribution in [0.1, 0.15) is 33.7 Å². The second kappa shape index (κ2) is 10.7. The van der Waals surface area contributed by atoms with Gasteiger partial charge in [0.05, 0.1) is 6.54 Å². The van der Waals surface area contributed by atoms with Crippen molar-refractivity contribution in [3.63, 3.8) is 0 Å². The molecular formula is C33H28N2O5. The van der Waals surface area contributed by atoms with Crippen LogP contribution in [-0.4, -0.2) is 40.1 Å². The van der Waals surface area contributed by atoms with E-state index < -0.39 is 36.0 Å². The summed E-state index contributed by atoms with van der Waals surface area (Å²) in [6.07, 6.45) is -0.367. The molecule has 2 amide bonds. The number of rotatable bonds is 6. The van der Waals surface area contributed by atoms with Gasteiger partial charge in [0.1, 0.15) is 18.7 Å². The summed E-state index contributed by atoms with van der Waals surface area (Å²) in [5, 5.41) is 13.2. The summed E-state index contributed by atoms with van der Waals surface area (Å²) in [6.45, 7) is 0.258. The van der Waals surface area contributed by atoms with Gasteiger partial charge in [0.2, 0.25) is 5.91 Å². The molecule has 0 unspecified atom stereocenters. The van der Waals surface area contributed by atoms with Gasteiger partial charge in [-0.1, -0.05) is 103 Å². The van der Waals surface area contributed by atoms with E-state index in [9.17, 15) is 19.5 Å². The van der Waals surface area contributed by atoms with E-state index in [0.29, 0.717) is 0 Å². The van der Waals surface area contributed by atoms with Crippen LogP contribution in [0.3, 0.4) is 0 Å². The molecule has 0 saturated heterocycles. The number of aliphatic carboxylic acids is 1. The average Bonchev–Trinajstić information content (AvgIpc) is 3.32. The standard InChI is InChI=1S/C33H28N2O5/c36-31(34-30(32(37)38)29-26-16-8-6-14-24(26)25-15-7-9-17-27(25)29)28-18-22-12-4-5-13-23(22)19-35(28)33(39)40-20-21-10-2-1-3-11-21/h1-17,28-30H,18-20H2,(H,34,36)(H,37,38)/t28-,30-/m0/s1. The first kappa shape index (κ1) is 25.4. The van der Waals surface area contributed by atoms with Crippen LogP contribution < -0.4 is 5.32 Å². The number of fused-ring (bicyclic) bond motifs is 4. The summed E-state index contributed by atoms with van der Waals surface area (Å²) in [5.74, 6) is -2.23. The molecule has 0 spiro atoms. The van der Waals surface area contributed by atoms with Crippen molar-refractivity contribution in [2.45, 2.75) is 37.6 Å². The number of nitrogens with zero attached hydrogens (tertiary/aromatic N) is 1.